The summed E-state index contributed by atoms with van der Waals surface area (Å²) < 4.78 is 0. The third-order valence-electron chi connectivity index (χ3n) is 3.36. The highest BCUT2D eigenvalue weighted by molar-refractivity contribution is 7.14. The summed E-state index contributed by atoms with van der Waals surface area (Å²) in [5.74, 6) is 6.39. The summed E-state index contributed by atoms with van der Waals surface area (Å²) in [4.78, 5) is 7.22. The van der Waals surface area contributed by atoms with Gasteiger partial charge in [0.05, 0.1) is 10.6 Å². The number of hydrogen-bond donors (Lipinski definition) is 2. The zero-order chi connectivity index (χ0) is 13.1. The fourth-order valence-corrected chi connectivity index (χ4v) is 3.60. The molecule has 1 aromatic heterocycles. The summed E-state index contributed by atoms with van der Waals surface area (Å²) in [5, 5.41) is 0. The van der Waals surface area contributed by atoms with Crippen molar-refractivity contribution in [2.75, 3.05) is 0 Å². The van der Waals surface area contributed by atoms with Crippen LogP contribution in [0.1, 0.15) is 28.2 Å². The third-order valence-corrected chi connectivity index (χ3v) is 4.61. The highest BCUT2D eigenvalue weighted by Crippen LogP contribution is 2.30. The van der Waals surface area contributed by atoms with Crippen molar-refractivity contribution in [2.45, 2.75) is 25.7 Å². The smallest absolute Gasteiger partial charge is 0.158 e. The van der Waals surface area contributed by atoms with E-state index < -0.39 is 0 Å². The molecular weight excluding hydrogens is 254 g/mol. The SMILES string of the molecule is NNC(=Nc1ccccc1)c1cc2c(s1)CCCC2. The first kappa shape index (κ1) is 12.4. The summed E-state index contributed by atoms with van der Waals surface area (Å²) in [5.41, 5.74) is 5.13. The Morgan fingerprint density at radius 1 is 1.16 bits per heavy atom. The standard InChI is InChI=1S/C15H17N3S/c16-18-15(17-12-7-2-1-3-8-12)14-10-11-6-4-5-9-13(11)19-14/h1-3,7-8,10H,4-6,9,16H2,(H,17,18). The molecule has 4 heteroatoms. The molecule has 0 spiro atoms. The van der Waals surface area contributed by atoms with Gasteiger partial charge in [-0.1, -0.05) is 18.2 Å². The summed E-state index contributed by atoms with van der Waals surface area (Å²) in [6, 6.07) is 12.1. The minimum absolute atomic E-state index is 0.755. The fraction of sp³-hybridized carbons (Fsp3) is 0.267. The molecule has 0 aliphatic heterocycles. The second-order valence-corrected chi connectivity index (χ2v) is 5.84. The quantitative estimate of drug-likeness (QED) is 0.381. The third kappa shape index (κ3) is 2.69. The number of rotatable bonds is 2. The van der Waals surface area contributed by atoms with Crippen molar-refractivity contribution in [3.63, 3.8) is 0 Å². The number of benzene rings is 1. The highest BCUT2D eigenvalue weighted by atomic mass is 32.1. The largest absolute Gasteiger partial charge is 0.307 e. The lowest BCUT2D eigenvalue weighted by Crippen LogP contribution is -2.30. The molecule has 2 aromatic rings. The van der Waals surface area contributed by atoms with Crippen molar-refractivity contribution >= 4 is 22.9 Å². The number of amidine groups is 1. The molecule has 3 N–H and O–H groups in total. The molecule has 98 valence electrons. The van der Waals surface area contributed by atoms with E-state index in [-0.39, 0.29) is 0 Å². The average Bonchev–Trinajstić information content (AvgIpc) is 2.89. The summed E-state index contributed by atoms with van der Waals surface area (Å²) >= 11 is 1.81. The second kappa shape index (κ2) is 5.55. The lowest BCUT2D eigenvalue weighted by molar-refractivity contribution is 0.697. The molecule has 0 fully saturated rings. The van der Waals surface area contributed by atoms with E-state index in [9.17, 15) is 0 Å². The molecule has 0 radical (unpaired) electrons. The van der Waals surface area contributed by atoms with Crippen molar-refractivity contribution in [2.24, 2.45) is 10.8 Å². The van der Waals surface area contributed by atoms with Gasteiger partial charge >= 0.3 is 0 Å². The van der Waals surface area contributed by atoms with Crippen LogP contribution in [0.3, 0.4) is 0 Å². The van der Waals surface area contributed by atoms with Gasteiger partial charge in [0.15, 0.2) is 5.84 Å². The van der Waals surface area contributed by atoms with Crippen LogP contribution in [-0.4, -0.2) is 5.84 Å². The number of para-hydroxylation sites is 1. The van der Waals surface area contributed by atoms with Crippen molar-refractivity contribution in [1.82, 2.24) is 5.43 Å². The molecule has 0 unspecified atom stereocenters. The molecule has 1 heterocycles. The molecule has 3 rings (SSSR count). The van der Waals surface area contributed by atoms with Crippen LogP contribution < -0.4 is 11.3 Å². The number of fused-ring (bicyclic) bond motifs is 1. The Morgan fingerprint density at radius 2 is 1.95 bits per heavy atom. The van der Waals surface area contributed by atoms with Crippen LogP contribution in [0.25, 0.3) is 0 Å². The van der Waals surface area contributed by atoms with E-state index in [1.807, 2.05) is 41.7 Å². The Labute approximate surface area is 117 Å². The van der Waals surface area contributed by atoms with E-state index in [2.05, 4.69) is 16.5 Å². The van der Waals surface area contributed by atoms with Crippen molar-refractivity contribution in [3.05, 3.63) is 51.7 Å². The van der Waals surface area contributed by atoms with Crippen LogP contribution in [0, 0.1) is 0 Å². The fourth-order valence-electron chi connectivity index (χ4n) is 2.40. The Balaban J connectivity index is 1.94. The van der Waals surface area contributed by atoms with Gasteiger partial charge in [-0.05, 0) is 49.4 Å². The molecule has 1 aromatic carbocycles. The van der Waals surface area contributed by atoms with Gasteiger partial charge in [-0.15, -0.1) is 11.3 Å². The van der Waals surface area contributed by atoms with Crippen LogP contribution in [0.15, 0.2) is 41.4 Å². The van der Waals surface area contributed by atoms with Crippen molar-refractivity contribution in [3.8, 4) is 0 Å². The Hall–Kier alpha value is -1.65. The van der Waals surface area contributed by atoms with E-state index in [4.69, 9.17) is 5.84 Å². The van der Waals surface area contributed by atoms with Crippen molar-refractivity contribution in [1.29, 1.82) is 0 Å². The van der Waals surface area contributed by atoms with Crippen molar-refractivity contribution < 1.29 is 0 Å². The first-order valence-corrected chi connectivity index (χ1v) is 7.41. The van der Waals surface area contributed by atoms with Gasteiger partial charge in [0.2, 0.25) is 0 Å². The molecule has 1 aliphatic carbocycles. The molecular formula is C15H17N3S. The minimum atomic E-state index is 0.755. The summed E-state index contributed by atoms with van der Waals surface area (Å²) in [7, 11) is 0. The van der Waals surface area contributed by atoms with Crippen LogP contribution in [0.2, 0.25) is 0 Å². The molecule has 0 saturated heterocycles. The van der Waals surface area contributed by atoms with E-state index >= 15 is 0 Å². The molecule has 19 heavy (non-hydrogen) atoms. The normalized spacial score (nSPS) is 15.1. The predicted octanol–water partition coefficient (Wildman–Crippen LogP) is 3.17. The number of nitrogens with zero attached hydrogens (tertiary/aromatic N) is 1. The number of nitrogens with two attached hydrogens (primary N) is 1. The van der Waals surface area contributed by atoms with E-state index in [0.717, 1.165) is 16.4 Å². The summed E-state index contributed by atoms with van der Waals surface area (Å²) in [6.07, 6.45) is 4.98. The zero-order valence-electron chi connectivity index (χ0n) is 10.7. The number of thiophene rings is 1. The lowest BCUT2D eigenvalue weighted by atomic mass is 9.99. The maximum Gasteiger partial charge on any atom is 0.158 e. The van der Waals surface area contributed by atoms with Crippen LogP contribution >= 0.6 is 11.3 Å². The number of aryl methyl sites for hydroxylation is 2. The second-order valence-electron chi connectivity index (χ2n) is 4.71. The van der Waals surface area contributed by atoms with Gasteiger partial charge in [0, 0.05) is 4.88 Å². The number of hydrogen-bond acceptors (Lipinski definition) is 3. The molecule has 0 amide bonds. The van der Waals surface area contributed by atoms with Gasteiger partial charge in [-0.3, -0.25) is 0 Å². The van der Waals surface area contributed by atoms with Gasteiger partial charge in [-0.2, -0.15) is 0 Å². The minimum Gasteiger partial charge on any atom is -0.307 e. The van der Waals surface area contributed by atoms with Gasteiger partial charge in [0.25, 0.3) is 0 Å². The van der Waals surface area contributed by atoms with Crippen LogP contribution in [-0.2, 0) is 12.8 Å². The number of hydrazine groups is 1. The average molecular weight is 271 g/mol. The van der Waals surface area contributed by atoms with Gasteiger partial charge in [0.1, 0.15) is 0 Å². The van der Waals surface area contributed by atoms with Gasteiger partial charge < -0.3 is 5.43 Å². The first-order valence-electron chi connectivity index (χ1n) is 6.59. The maximum atomic E-state index is 5.64. The number of aliphatic imine (C=N–C) groups is 1. The zero-order valence-corrected chi connectivity index (χ0v) is 11.5. The Bertz CT molecular complexity index is 563. The first-order chi connectivity index (χ1) is 9.36. The monoisotopic (exact) mass is 271 g/mol. The van der Waals surface area contributed by atoms with E-state index in [1.54, 1.807) is 0 Å². The van der Waals surface area contributed by atoms with E-state index in [1.165, 1.54) is 36.1 Å². The van der Waals surface area contributed by atoms with E-state index in [0.29, 0.717) is 0 Å². The van der Waals surface area contributed by atoms with Crippen LogP contribution in [0.4, 0.5) is 5.69 Å². The number of nitrogens with one attached hydrogen (secondary N) is 1. The summed E-state index contributed by atoms with van der Waals surface area (Å²) in [6.45, 7) is 0. The lowest BCUT2D eigenvalue weighted by Gasteiger charge is -2.08. The topological polar surface area (TPSA) is 50.4 Å². The van der Waals surface area contributed by atoms with Gasteiger partial charge in [-0.25, -0.2) is 10.8 Å². The molecule has 3 nitrogen and oxygen atoms in total. The molecule has 0 atom stereocenters. The molecule has 0 bridgehead atoms. The predicted molar refractivity (Wildman–Crippen MR) is 80.9 cm³/mol. The maximum absolute atomic E-state index is 5.64. The Morgan fingerprint density at radius 3 is 2.68 bits per heavy atom. The molecule has 0 saturated carbocycles. The molecule has 1 aliphatic rings. The highest BCUT2D eigenvalue weighted by Gasteiger charge is 2.15. The Kier molecular flexibility index (Phi) is 3.62. The van der Waals surface area contributed by atoms with Crippen LogP contribution in [0.5, 0.6) is 0 Å².